The highest BCUT2D eigenvalue weighted by atomic mass is 16.5. The van der Waals surface area contributed by atoms with Gasteiger partial charge in [0, 0.05) is 43.5 Å². The molecule has 0 spiro atoms. The minimum atomic E-state index is -0.638. The van der Waals surface area contributed by atoms with Crippen LogP contribution in [0.2, 0.25) is 0 Å². The molecule has 0 bridgehead atoms. The van der Waals surface area contributed by atoms with Crippen LogP contribution in [0.3, 0.4) is 0 Å². The summed E-state index contributed by atoms with van der Waals surface area (Å²) in [6.07, 6.45) is 4.73. The van der Waals surface area contributed by atoms with Crippen molar-refractivity contribution in [2.24, 2.45) is 0 Å². The van der Waals surface area contributed by atoms with E-state index in [1.807, 2.05) is 0 Å². The van der Waals surface area contributed by atoms with Crippen LogP contribution in [0.5, 0.6) is 0 Å². The van der Waals surface area contributed by atoms with E-state index in [0.717, 1.165) is 32.4 Å². The maximum Gasteiger partial charge on any atom is 0.338 e. The molecule has 8 nitrogen and oxygen atoms in total. The summed E-state index contributed by atoms with van der Waals surface area (Å²) >= 11 is 0. The summed E-state index contributed by atoms with van der Waals surface area (Å²) in [6, 6.07) is 8.13. The maximum absolute atomic E-state index is 12.4. The number of aromatic nitrogens is 1. The highest BCUT2D eigenvalue weighted by Crippen LogP contribution is 2.22. The molecule has 1 N–H and O–H groups in total. The monoisotopic (exact) mass is 409 g/mol. The predicted octanol–water partition coefficient (Wildman–Crippen LogP) is 2.42. The number of amides is 2. The molecule has 2 aliphatic heterocycles. The predicted molar refractivity (Wildman–Crippen MR) is 109 cm³/mol. The van der Waals surface area contributed by atoms with Crippen molar-refractivity contribution in [2.75, 3.05) is 31.1 Å². The van der Waals surface area contributed by atoms with E-state index in [9.17, 15) is 19.2 Å². The second-order valence-corrected chi connectivity index (χ2v) is 7.50. The van der Waals surface area contributed by atoms with E-state index < -0.39 is 18.4 Å². The van der Waals surface area contributed by atoms with Crippen molar-refractivity contribution in [3.05, 3.63) is 53.3 Å². The Balaban J connectivity index is 1.35. The number of aromatic amines is 1. The van der Waals surface area contributed by atoms with Crippen LogP contribution < -0.4 is 4.90 Å². The zero-order valence-corrected chi connectivity index (χ0v) is 16.6. The number of hydrogen-bond acceptors (Lipinski definition) is 5. The Hall–Kier alpha value is -3.42. The molecule has 156 valence electrons. The number of carbonyl (C=O) groups is 4. The summed E-state index contributed by atoms with van der Waals surface area (Å²) in [7, 11) is 0. The summed E-state index contributed by atoms with van der Waals surface area (Å²) in [5.41, 5.74) is 1.57. The highest BCUT2D eigenvalue weighted by Gasteiger charge is 2.24. The molecule has 30 heavy (non-hydrogen) atoms. The van der Waals surface area contributed by atoms with Gasteiger partial charge in [0.05, 0.1) is 5.56 Å². The van der Waals surface area contributed by atoms with E-state index in [2.05, 4.69) is 4.98 Å². The first kappa shape index (κ1) is 19.9. The standard InChI is InChI=1S/C22H23N3O5/c26-19(16-12-18(23-13-16)21(28)24-8-1-2-9-24)14-30-22(29)15-5-3-6-17(11-15)25-10-4-7-20(25)27/h3,5-6,11-13,23H,1-2,4,7-10,14H2. The number of H-pyrrole nitrogens is 1. The first-order valence-electron chi connectivity index (χ1n) is 10.1. The number of esters is 1. The summed E-state index contributed by atoms with van der Waals surface area (Å²) in [5, 5.41) is 0. The third-order valence-corrected chi connectivity index (χ3v) is 5.43. The summed E-state index contributed by atoms with van der Waals surface area (Å²) in [5.74, 6) is -1.13. The fraction of sp³-hybridized carbons (Fsp3) is 0.364. The molecular weight excluding hydrogens is 386 g/mol. The van der Waals surface area contributed by atoms with Gasteiger partial charge < -0.3 is 19.5 Å². The van der Waals surface area contributed by atoms with Gasteiger partial charge in [-0.3, -0.25) is 14.4 Å². The van der Waals surface area contributed by atoms with Crippen LogP contribution in [0.4, 0.5) is 5.69 Å². The Morgan fingerprint density at radius 2 is 1.80 bits per heavy atom. The van der Waals surface area contributed by atoms with E-state index >= 15 is 0 Å². The fourth-order valence-electron chi connectivity index (χ4n) is 3.79. The second-order valence-electron chi connectivity index (χ2n) is 7.50. The smallest absolute Gasteiger partial charge is 0.338 e. The Bertz CT molecular complexity index is 990. The molecule has 2 aliphatic rings. The number of ether oxygens (including phenoxy) is 1. The first-order valence-corrected chi connectivity index (χ1v) is 10.1. The lowest BCUT2D eigenvalue weighted by Crippen LogP contribution is -2.27. The van der Waals surface area contributed by atoms with Crippen molar-refractivity contribution >= 4 is 29.3 Å². The third kappa shape index (κ3) is 4.12. The molecule has 1 aromatic carbocycles. The van der Waals surface area contributed by atoms with Crippen LogP contribution in [0, 0.1) is 0 Å². The molecule has 0 atom stereocenters. The van der Waals surface area contributed by atoms with Crippen LogP contribution in [-0.4, -0.2) is 59.7 Å². The molecule has 0 unspecified atom stereocenters. The molecule has 4 rings (SSSR count). The molecule has 2 amide bonds. The zero-order valence-electron chi connectivity index (χ0n) is 16.6. The molecule has 0 aliphatic carbocycles. The molecule has 0 saturated carbocycles. The number of nitrogens with zero attached hydrogens (tertiary/aromatic N) is 2. The Kier molecular flexibility index (Phi) is 5.65. The second kappa shape index (κ2) is 8.52. The van der Waals surface area contributed by atoms with Gasteiger partial charge in [0.15, 0.2) is 6.61 Å². The Morgan fingerprint density at radius 3 is 2.53 bits per heavy atom. The number of Topliss-reactive ketones (excluding diaryl/α,β-unsaturated/α-hetero) is 1. The van der Waals surface area contributed by atoms with Crippen LogP contribution in [0.15, 0.2) is 36.5 Å². The van der Waals surface area contributed by atoms with Crippen molar-refractivity contribution in [3.63, 3.8) is 0 Å². The largest absolute Gasteiger partial charge is 0.454 e. The average Bonchev–Trinajstić information content (AvgIpc) is 3.53. The van der Waals surface area contributed by atoms with Crippen molar-refractivity contribution in [3.8, 4) is 0 Å². The van der Waals surface area contributed by atoms with E-state index in [-0.39, 0.29) is 17.4 Å². The Labute approximate surface area is 173 Å². The molecule has 1 aromatic heterocycles. The highest BCUT2D eigenvalue weighted by molar-refractivity contribution is 6.02. The maximum atomic E-state index is 12.4. The van der Waals surface area contributed by atoms with Crippen LogP contribution in [0.25, 0.3) is 0 Å². The van der Waals surface area contributed by atoms with Crippen molar-refractivity contribution in [2.45, 2.75) is 25.7 Å². The quantitative estimate of drug-likeness (QED) is 0.583. The van der Waals surface area contributed by atoms with Crippen LogP contribution in [0.1, 0.15) is 56.9 Å². The number of likely N-dealkylation sites (tertiary alicyclic amines) is 1. The molecule has 8 heteroatoms. The van der Waals surface area contributed by atoms with Crippen LogP contribution in [-0.2, 0) is 9.53 Å². The number of nitrogens with one attached hydrogen (secondary N) is 1. The molecule has 2 saturated heterocycles. The van der Waals surface area contributed by atoms with Gasteiger partial charge in [-0.05, 0) is 43.5 Å². The third-order valence-electron chi connectivity index (χ3n) is 5.43. The number of hydrogen-bond donors (Lipinski definition) is 1. The SMILES string of the molecule is O=C(COC(=O)c1cccc(N2CCCC2=O)c1)c1c[nH]c(C(=O)N2CCCC2)c1. The summed E-state index contributed by atoms with van der Waals surface area (Å²) in [4.78, 5) is 55.2. The van der Waals surface area contributed by atoms with Gasteiger partial charge in [-0.1, -0.05) is 6.07 Å². The van der Waals surface area contributed by atoms with E-state index in [1.54, 1.807) is 34.1 Å². The normalized spacial score (nSPS) is 16.2. The average molecular weight is 409 g/mol. The lowest BCUT2D eigenvalue weighted by Gasteiger charge is -2.16. The molecule has 3 heterocycles. The van der Waals surface area contributed by atoms with Gasteiger partial charge in [0.25, 0.3) is 5.91 Å². The minimum Gasteiger partial charge on any atom is -0.454 e. The lowest BCUT2D eigenvalue weighted by molar-refractivity contribution is -0.117. The molecular formula is C22H23N3O5. The first-order chi connectivity index (χ1) is 14.5. The van der Waals surface area contributed by atoms with Gasteiger partial charge >= 0.3 is 5.97 Å². The van der Waals surface area contributed by atoms with Crippen LogP contribution >= 0.6 is 0 Å². The topological polar surface area (TPSA) is 99.8 Å². The Morgan fingerprint density at radius 1 is 1.00 bits per heavy atom. The number of benzene rings is 1. The van der Waals surface area contributed by atoms with Gasteiger partial charge in [0.1, 0.15) is 5.69 Å². The number of ketones is 1. The van der Waals surface area contributed by atoms with E-state index in [4.69, 9.17) is 4.74 Å². The number of rotatable bonds is 6. The zero-order chi connectivity index (χ0) is 21.1. The minimum absolute atomic E-state index is 0.0300. The fourth-order valence-corrected chi connectivity index (χ4v) is 3.79. The molecule has 2 aromatic rings. The van der Waals surface area contributed by atoms with Gasteiger partial charge in [0.2, 0.25) is 11.7 Å². The number of anilines is 1. The number of carbonyl (C=O) groups excluding carboxylic acids is 4. The van der Waals surface area contributed by atoms with Gasteiger partial charge in [-0.15, -0.1) is 0 Å². The van der Waals surface area contributed by atoms with Crippen molar-refractivity contribution < 1.29 is 23.9 Å². The van der Waals surface area contributed by atoms with Crippen molar-refractivity contribution in [1.29, 1.82) is 0 Å². The molecule has 2 fully saturated rings. The summed E-state index contributed by atoms with van der Waals surface area (Å²) in [6.45, 7) is 1.64. The lowest BCUT2D eigenvalue weighted by atomic mass is 10.2. The summed E-state index contributed by atoms with van der Waals surface area (Å²) < 4.78 is 5.16. The van der Waals surface area contributed by atoms with E-state index in [1.165, 1.54) is 12.3 Å². The van der Waals surface area contributed by atoms with Crippen molar-refractivity contribution in [1.82, 2.24) is 9.88 Å². The van der Waals surface area contributed by atoms with Gasteiger partial charge in [-0.2, -0.15) is 0 Å². The van der Waals surface area contributed by atoms with Gasteiger partial charge in [-0.25, -0.2) is 4.79 Å². The molecule has 0 radical (unpaired) electrons. The van der Waals surface area contributed by atoms with E-state index in [0.29, 0.717) is 29.9 Å².